The maximum Gasteiger partial charge on any atom is 0.258 e. The quantitative estimate of drug-likeness (QED) is 0.571. The van der Waals surface area contributed by atoms with Crippen LogP contribution in [0.15, 0.2) is 47.0 Å². The van der Waals surface area contributed by atoms with Gasteiger partial charge in [0.15, 0.2) is 5.82 Å². The van der Waals surface area contributed by atoms with Crippen molar-refractivity contribution in [3.05, 3.63) is 59.7 Å². The van der Waals surface area contributed by atoms with Crippen LogP contribution in [0.25, 0.3) is 11.5 Å². The van der Waals surface area contributed by atoms with Crippen molar-refractivity contribution in [1.29, 1.82) is 0 Å². The molecule has 0 unspecified atom stereocenters. The number of benzene rings is 2. The first-order valence-electron chi connectivity index (χ1n) is 6.28. The third kappa shape index (κ3) is 2.69. The normalized spacial score (nSPS) is 10.7. The molecule has 0 aliphatic heterocycles. The van der Waals surface area contributed by atoms with Gasteiger partial charge in [-0.25, -0.2) is 4.39 Å². The second-order valence-electron chi connectivity index (χ2n) is 4.56. The van der Waals surface area contributed by atoms with E-state index in [4.69, 9.17) is 10.3 Å². The van der Waals surface area contributed by atoms with Crippen molar-refractivity contribution >= 4 is 5.69 Å². The highest BCUT2D eigenvalue weighted by atomic mass is 19.1. The number of hydrogen-bond acceptors (Lipinski definition) is 5. The first kappa shape index (κ1) is 13.1. The van der Waals surface area contributed by atoms with Crippen molar-refractivity contribution in [3.63, 3.8) is 0 Å². The lowest BCUT2D eigenvalue weighted by Gasteiger charge is -1.99. The van der Waals surface area contributed by atoms with Gasteiger partial charge in [0.05, 0.1) is 5.69 Å². The molecule has 0 aliphatic rings. The van der Waals surface area contributed by atoms with E-state index in [9.17, 15) is 9.50 Å². The monoisotopic (exact) mass is 285 g/mol. The second-order valence-corrected chi connectivity index (χ2v) is 4.56. The number of nitrogens with zero attached hydrogens (tertiary/aromatic N) is 2. The molecule has 3 aromatic rings. The lowest BCUT2D eigenvalue weighted by atomic mass is 10.1. The molecule has 0 saturated carbocycles. The summed E-state index contributed by atoms with van der Waals surface area (Å²) in [6, 6.07) is 11.0. The SMILES string of the molecule is Nc1cc(-c2nc(Cc3ccccc3F)no2)ccc1O. The minimum Gasteiger partial charge on any atom is -0.506 e. The Bertz CT molecular complexity index is 786. The first-order valence-corrected chi connectivity index (χ1v) is 6.28. The summed E-state index contributed by atoms with van der Waals surface area (Å²) in [6.07, 6.45) is 0.240. The number of hydrogen-bond donors (Lipinski definition) is 2. The summed E-state index contributed by atoms with van der Waals surface area (Å²) in [7, 11) is 0. The molecule has 106 valence electrons. The zero-order chi connectivity index (χ0) is 14.8. The average Bonchev–Trinajstić information content (AvgIpc) is 2.93. The summed E-state index contributed by atoms with van der Waals surface area (Å²) in [4.78, 5) is 4.21. The van der Waals surface area contributed by atoms with Gasteiger partial charge in [0.2, 0.25) is 0 Å². The van der Waals surface area contributed by atoms with Gasteiger partial charge in [-0.05, 0) is 29.8 Å². The highest BCUT2D eigenvalue weighted by Gasteiger charge is 2.12. The zero-order valence-electron chi connectivity index (χ0n) is 11.0. The fraction of sp³-hybridized carbons (Fsp3) is 0.0667. The van der Waals surface area contributed by atoms with Gasteiger partial charge < -0.3 is 15.4 Å². The lowest BCUT2D eigenvalue weighted by Crippen LogP contribution is -1.94. The van der Waals surface area contributed by atoms with Gasteiger partial charge in [0, 0.05) is 12.0 Å². The van der Waals surface area contributed by atoms with Crippen LogP contribution in [0.4, 0.5) is 10.1 Å². The third-order valence-corrected chi connectivity index (χ3v) is 3.05. The number of anilines is 1. The molecule has 21 heavy (non-hydrogen) atoms. The molecule has 0 atom stereocenters. The number of rotatable bonds is 3. The Hall–Kier alpha value is -2.89. The topological polar surface area (TPSA) is 85.2 Å². The molecular weight excluding hydrogens is 273 g/mol. The summed E-state index contributed by atoms with van der Waals surface area (Å²) >= 11 is 0. The van der Waals surface area contributed by atoms with E-state index >= 15 is 0 Å². The third-order valence-electron chi connectivity index (χ3n) is 3.05. The Morgan fingerprint density at radius 1 is 1.19 bits per heavy atom. The number of nitrogens with two attached hydrogens (primary N) is 1. The summed E-state index contributed by atoms with van der Waals surface area (Å²) < 4.78 is 18.7. The van der Waals surface area contributed by atoms with Crippen molar-refractivity contribution in [2.24, 2.45) is 0 Å². The average molecular weight is 285 g/mol. The number of aromatic nitrogens is 2. The number of phenols is 1. The van der Waals surface area contributed by atoms with Crippen LogP contribution in [0.3, 0.4) is 0 Å². The molecule has 0 aliphatic carbocycles. The van der Waals surface area contributed by atoms with Gasteiger partial charge in [0.25, 0.3) is 5.89 Å². The van der Waals surface area contributed by atoms with Gasteiger partial charge in [-0.2, -0.15) is 4.98 Å². The molecule has 6 heteroatoms. The molecular formula is C15H12FN3O2. The van der Waals surface area contributed by atoms with Gasteiger partial charge >= 0.3 is 0 Å². The van der Waals surface area contributed by atoms with Crippen LogP contribution in [0.1, 0.15) is 11.4 Å². The number of nitrogen functional groups attached to an aromatic ring is 1. The number of aromatic hydroxyl groups is 1. The van der Waals surface area contributed by atoms with Crippen LogP contribution in [-0.2, 0) is 6.42 Å². The van der Waals surface area contributed by atoms with Crippen molar-refractivity contribution in [2.75, 3.05) is 5.73 Å². The van der Waals surface area contributed by atoms with Gasteiger partial charge in [0.1, 0.15) is 11.6 Å². The predicted molar refractivity (Wildman–Crippen MR) is 75.0 cm³/mol. The second kappa shape index (κ2) is 5.24. The van der Waals surface area contributed by atoms with E-state index in [1.165, 1.54) is 18.2 Å². The molecule has 5 nitrogen and oxygen atoms in total. The fourth-order valence-electron chi connectivity index (χ4n) is 1.94. The molecule has 0 saturated heterocycles. The van der Waals surface area contributed by atoms with Gasteiger partial charge in [-0.1, -0.05) is 23.4 Å². The molecule has 1 aromatic heterocycles. The lowest BCUT2D eigenvalue weighted by molar-refractivity contribution is 0.423. The summed E-state index contributed by atoms with van der Waals surface area (Å²) in [5.41, 5.74) is 6.93. The molecule has 1 heterocycles. The van der Waals surface area contributed by atoms with E-state index in [2.05, 4.69) is 10.1 Å². The Morgan fingerprint density at radius 2 is 2.00 bits per heavy atom. The van der Waals surface area contributed by atoms with E-state index < -0.39 is 0 Å². The Labute approximate surface area is 119 Å². The van der Waals surface area contributed by atoms with Crippen molar-refractivity contribution in [1.82, 2.24) is 10.1 Å². The molecule has 3 N–H and O–H groups in total. The van der Waals surface area contributed by atoms with E-state index in [1.54, 1.807) is 24.3 Å². The van der Waals surface area contributed by atoms with E-state index in [1.807, 2.05) is 0 Å². The van der Waals surface area contributed by atoms with Gasteiger partial charge in [-0.15, -0.1) is 0 Å². The van der Waals surface area contributed by atoms with E-state index in [0.717, 1.165) is 0 Å². The van der Waals surface area contributed by atoms with Gasteiger partial charge in [-0.3, -0.25) is 0 Å². The highest BCUT2D eigenvalue weighted by Crippen LogP contribution is 2.26. The molecule has 0 bridgehead atoms. The largest absolute Gasteiger partial charge is 0.506 e. The van der Waals surface area contributed by atoms with Crippen LogP contribution in [0.5, 0.6) is 5.75 Å². The zero-order valence-corrected chi connectivity index (χ0v) is 11.0. The molecule has 0 radical (unpaired) electrons. The standard InChI is InChI=1S/C15H12FN3O2/c16-11-4-2-1-3-9(11)8-14-18-15(21-19-14)10-5-6-13(20)12(17)7-10/h1-7,20H,8,17H2. The minimum absolute atomic E-state index is 0.00940. The Balaban J connectivity index is 1.86. The molecule has 0 amide bonds. The summed E-state index contributed by atoms with van der Waals surface area (Å²) in [5.74, 6) is 0.331. The molecule has 2 aromatic carbocycles. The summed E-state index contributed by atoms with van der Waals surface area (Å²) in [6.45, 7) is 0. The number of phenolic OH excluding ortho intramolecular Hbond substituents is 1. The van der Waals surface area contributed by atoms with Crippen molar-refractivity contribution in [3.8, 4) is 17.2 Å². The minimum atomic E-state index is -0.308. The van der Waals surface area contributed by atoms with E-state index in [0.29, 0.717) is 17.0 Å². The van der Waals surface area contributed by atoms with Crippen molar-refractivity contribution < 1.29 is 14.0 Å². The Morgan fingerprint density at radius 3 is 2.76 bits per heavy atom. The van der Waals surface area contributed by atoms with Crippen LogP contribution in [-0.4, -0.2) is 15.2 Å². The van der Waals surface area contributed by atoms with Crippen LogP contribution in [0, 0.1) is 5.82 Å². The van der Waals surface area contributed by atoms with Crippen LogP contribution >= 0.6 is 0 Å². The Kier molecular flexibility index (Phi) is 3.27. The molecule has 3 rings (SSSR count). The smallest absolute Gasteiger partial charge is 0.258 e. The number of halogens is 1. The fourth-order valence-corrected chi connectivity index (χ4v) is 1.94. The summed E-state index contributed by atoms with van der Waals surface area (Å²) in [5, 5.41) is 13.2. The molecule has 0 fully saturated rings. The highest BCUT2D eigenvalue weighted by molar-refractivity contribution is 5.64. The predicted octanol–water partition coefficient (Wildman–Crippen LogP) is 2.75. The molecule has 0 spiro atoms. The maximum atomic E-state index is 13.6. The van der Waals surface area contributed by atoms with Crippen LogP contribution < -0.4 is 5.73 Å². The van der Waals surface area contributed by atoms with E-state index in [-0.39, 0.29) is 29.6 Å². The first-order chi connectivity index (χ1) is 10.1. The van der Waals surface area contributed by atoms with Crippen molar-refractivity contribution in [2.45, 2.75) is 6.42 Å². The maximum absolute atomic E-state index is 13.6. The van der Waals surface area contributed by atoms with Crippen LogP contribution in [0.2, 0.25) is 0 Å².